The lowest BCUT2D eigenvalue weighted by molar-refractivity contribution is -0.115. The lowest BCUT2D eigenvalue weighted by atomic mass is 10.1. The van der Waals surface area contributed by atoms with Crippen molar-refractivity contribution in [3.63, 3.8) is 0 Å². The summed E-state index contributed by atoms with van der Waals surface area (Å²) in [5, 5.41) is 6.51. The van der Waals surface area contributed by atoms with Crippen LogP contribution in [-0.2, 0) is 16.1 Å². The predicted molar refractivity (Wildman–Crippen MR) is 131 cm³/mol. The maximum atomic E-state index is 14.2. The molecule has 4 N–H and O–H groups in total. The van der Waals surface area contributed by atoms with Gasteiger partial charge in [0.1, 0.15) is 5.82 Å². The molecule has 1 aromatic rings. The van der Waals surface area contributed by atoms with Crippen LogP contribution in [-0.4, -0.2) is 55.9 Å². The van der Waals surface area contributed by atoms with E-state index < -0.39 is 11.9 Å². The van der Waals surface area contributed by atoms with E-state index in [0.717, 1.165) is 24.9 Å². The first-order valence-corrected chi connectivity index (χ1v) is 12.6. The number of carbonyl (C=O) groups excluding carboxylic acids is 2. The third kappa shape index (κ3) is 8.70. The van der Waals surface area contributed by atoms with Gasteiger partial charge in [-0.2, -0.15) is 0 Å². The second kappa shape index (κ2) is 13.8. The van der Waals surface area contributed by atoms with Gasteiger partial charge in [-0.05, 0) is 75.4 Å². The van der Waals surface area contributed by atoms with Gasteiger partial charge in [0.2, 0.25) is 5.91 Å². The number of halogens is 1. The number of nitrogens with one attached hydrogen (secondary N) is 2. The molecular weight excluding hydrogens is 450 g/mol. The molecule has 0 aliphatic carbocycles. The van der Waals surface area contributed by atoms with Crippen LogP contribution in [0.1, 0.15) is 36.8 Å². The maximum absolute atomic E-state index is 14.2. The van der Waals surface area contributed by atoms with E-state index in [9.17, 15) is 14.0 Å². The zero-order chi connectivity index (χ0) is 23.5. The van der Waals surface area contributed by atoms with Gasteiger partial charge < -0.3 is 26.0 Å². The minimum absolute atomic E-state index is 0.0212. The fourth-order valence-electron chi connectivity index (χ4n) is 3.52. The van der Waals surface area contributed by atoms with Crippen molar-refractivity contribution in [1.82, 2.24) is 15.5 Å². The molecule has 1 aliphatic heterocycles. The Bertz CT molecular complexity index is 808. The van der Waals surface area contributed by atoms with E-state index in [4.69, 9.17) is 10.5 Å². The number of unbranched alkanes of at least 4 members (excludes halogenated alkanes) is 1. The molecule has 2 rings (SSSR count). The summed E-state index contributed by atoms with van der Waals surface area (Å²) in [5.74, 6) is -1.07. The third-order valence-corrected chi connectivity index (χ3v) is 6.53. The Balaban J connectivity index is 1.84. The summed E-state index contributed by atoms with van der Waals surface area (Å²) in [4.78, 5) is 26.6. The number of primary amides is 1. The van der Waals surface area contributed by atoms with Crippen molar-refractivity contribution >= 4 is 38.2 Å². The summed E-state index contributed by atoms with van der Waals surface area (Å²) in [6, 6.07) is 2.87. The van der Waals surface area contributed by atoms with Crippen molar-refractivity contribution in [3.05, 3.63) is 39.7 Å². The zero-order valence-electron chi connectivity index (χ0n) is 18.8. The molecule has 10 heteroatoms. The maximum Gasteiger partial charge on any atom is 0.319 e. The number of aryl methyl sites for hydroxylation is 1. The molecule has 0 aromatic heterocycles. The summed E-state index contributed by atoms with van der Waals surface area (Å²) in [6.07, 6.45) is 6.19. The number of urea groups is 1. The van der Waals surface area contributed by atoms with Gasteiger partial charge >= 0.3 is 6.03 Å². The van der Waals surface area contributed by atoms with E-state index in [1.165, 1.54) is 43.8 Å². The molecule has 1 aromatic carbocycles. The van der Waals surface area contributed by atoms with Crippen LogP contribution in [0.15, 0.2) is 22.7 Å². The monoisotopic (exact) mass is 484 g/mol. The summed E-state index contributed by atoms with van der Waals surface area (Å²) in [6.45, 7) is 5.59. The molecule has 1 unspecified atom stereocenters. The van der Waals surface area contributed by atoms with Crippen LogP contribution in [0.2, 0.25) is 0 Å². The van der Waals surface area contributed by atoms with Crippen molar-refractivity contribution < 1.29 is 18.7 Å². The smallest absolute Gasteiger partial charge is 0.319 e. The second-order valence-corrected chi connectivity index (χ2v) is 9.26. The number of ether oxygens (including phenoxy) is 1. The van der Waals surface area contributed by atoms with Crippen LogP contribution >= 0.6 is 21.0 Å². The Morgan fingerprint density at radius 3 is 2.62 bits per heavy atom. The number of benzene rings is 1. The molecule has 0 saturated carbocycles. The Kier molecular flexibility index (Phi) is 11.4. The number of nitrogens with zero attached hydrogens (tertiary/aromatic N) is 1. The van der Waals surface area contributed by atoms with Crippen molar-refractivity contribution in [2.75, 3.05) is 39.0 Å². The zero-order valence-corrected chi connectivity index (χ0v) is 20.8. The highest BCUT2D eigenvalue weighted by Gasteiger charge is 2.16. The highest BCUT2D eigenvalue weighted by Crippen LogP contribution is 2.16. The number of rotatable bonds is 12. The molecule has 1 aliphatic rings. The van der Waals surface area contributed by atoms with Crippen LogP contribution < -0.4 is 21.7 Å². The summed E-state index contributed by atoms with van der Waals surface area (Å²) >= 11 is 1.19. The van der Waals surface area contributed by atoms with Gasteiger partial charge in [0, 0.05) is 12.1 Å². The molecule has 32 heavy (non-hydrogen) atoms. The van der Waals surface area contributed by atoms with Crippen molar-refractivity contribution in [2.45, 2.75) is 39.2 Å². The van der Waals surface area contributed by atoms with Crippen LogP contribution in [0.4, 0.5) is 9.18 Å². The highest BCUT2D eigenvalue weighted by molar-refractivity contribution is 8.02. The first-order valence-electron chi connectivity index (χ1n) is 10.8. The summed E-state index contributed by atoms with van der Waals surface area (Å²) < 4.78 is 19.8. The lowest BCUT2D eigenvalue weighted by Crippen LogP contribution is -2.37. The Morgan fingerprint density at radius 1 is 1.28 bits per heavy atom. The number of carbonyl (C=O) groups is 2. The number of hydrogen-bond donors (Lipinski definition) is 3. The molecular formula is C22H34FN4O3PS. The van der Waals surface area contributed by atoms with E-state index in [0.29, 0.717) is 22.4 Å². The quantitative estimate of drug-likeness (QED) is 0.241. The molecule has 0 radical (unpaired) electrons. The van der Waals surface area contributed by atoms with Crippen molar-refractivity contribution in [2.24, 2.45) is 5.73 Å². The fourth-order valence-corrected chi connectivity index (χ4v) is 4.61. The molecule has 1 heterocycles. The van der Waals surface area contributed by atoms with Gasteiger partial charge in [-0.3, -0.25) is 4.79 Å². The molecule has 1 atom stereocenters. The fraction of sp³-hybridized carbons (Fsp3) is 0.545. The number of likely N-dealkylation sites (tertiary alicyclic amines) is 1. The molecule has 0 spiro atoms. The Morgan fingerprint density at radius 2 is 2.00 bits per heavy atom. The Labute approximate surface area is 196 Å². The van der Waals surface area contributed by atoms with Gasteiger partial charge in [0.15, 0.2) is 0 Å². The average molecular weight is 485 g/mol. The van der Waals surface area contributed by atoms with E-state index in [1.807, 2.05) is 13.0 Å². The van der Waals surface area contributed by atoms with Gasteiger partial charge in [-0.1, -0.05) is 6.07 Å². The number of amides is 3. The van der Waals surface area contributed by atoms with Crippen LogP contribution in [0, 0.1) is 12.7 Å². The first-order chi connectivity index (χ1) is 15.3. The van der Waals surface area contributed by atoms with Crippen LogP contribution in [0.25, 0.3) is 0 Å². The number of thioether (sulfide) groups is 1. The molecule has 0 bridgehead atoms. The van der Waals surface area contributed by atoms with Gasteiger partial charge in [0.25, 0.3) is 0 Å². The largest absolute Gasteiger partial charge is 0.372 e. The first kappa shape index (κ1) is 26.6. The Hall–Kier alpha value is -1.67. The molecule has 3 amide bonds. The highest BCUT2D eigenvalue weighted by atomic mass is 32.2. The normalized spacial score (nSPS) is 14.9. The molecule has 1 fully saturated rings. The lowest BCUT2D eigenvalue weighted by Gasteiger charge is -2.15. The van der Waals surface area contributed by atoms with Gasteiger partial charge in [-0.15, -0.1) is 21.0 Å². The number of nitrogens with two attached hydrogens (primary N) is 1. The molecule has 7 nitrogen and oxygen atoms in total. The average Bonchev–Trinajstić information content (AvgIpc) is 3.24. The minimum atomic E-state index is -0.698. The van der Waals surface area contributed by atoms with Crippen molar-refractivity contribution in [3.8, 4) is 0 Å². The molecule has 1 saturated heterocycles. The predicted octanol–water partition coefficient (Wildman–Crippen LogP) is 2.39. The van der Waals surface area contributed by atoms with Crippen molar-refractivity contribution in [1.29, 1.82) is 0 Å². The van der Waals surface area contributed by atoms with Gasteiger partial charge in [-0.25, -0.2) is 9.18 Å². The summed E-state index contributed by atoms with van der Waals surface area (Å²) in [5.41, 5.74) is 6.85. The van der Waals surface area contributed by atoms with E-state index >= 15 is 0 Å². The minimum Gasteiger partial charge on any atom is -0.372 e. The van der Waals surface area contributed by atoms with Crippen LogP contribution in [0.3, 0.4) is 0 Å². The van der Waals surface area contributed by atoms with Gasteiger partial charge in [0.05, 0.1) is 23.8 Å². The topological polar surface area (TPSA) is 96.7 Å². The number of hydrogen-bond acceptors (Lipinski definition) is 5. The van der Waals surface area contributed by atoms with Crippen LogP contribution in [0.5, 0.6) is 0 Å². The molecule has 178 valence electrons. The third-order valence-electron chi connectivity index (χ3n) is 5.26. The van der Waals surface area contributed by atoms with E-state index in [-0.39, 0.29) is 24.6 Å². The second-order valence-electron chi connectivity index (χ2n) is 7.82. The van der Waals surface area contributed by atoms with E-state index in [2.05, 4.69) is 24.8 Å². The standard InChI is InChI=1S/C22H34FN4O3PS/c1-15-11-18(23)16(19(31)12-15)13-30-14-17(20(24)28)21(32-2)26-22(29)25-7-3-4-8-27-9-5-6-10-27/h11-12H,3-10,13-14,31H2,1-2H3,(H2,24,28)(H2,25,26,29)/b21-17+. The SMILES string of the molecule is CS/C(NC(=O)NCCCCN1CCCC1)=C(\COCc1c(F)cc(C)cc1P)C(N)=O. The summed E-state index contributed by atoms with van der Waals surface area (Å²) in [7, 11) is 2.48. The van der Waals surface area contributed by atoms with E-state index in [1.54, 1.807) is 6.26 Å².